The summed E-state index contributed by atoms with van der Waals surface area (Å²) in [6, 6.07) is 10.0. The van der Waals surface area contributed by atoms with E-state index in [2.05, 4.69) is 31.3 Å². The van der Waals surface area contributed by atoms with E-state index in [-0.39, 0.29) is 18.6 Å². The van der Waals surface area contributed by atoms with Crippen LogP contribution >= 0.6 is 0 Å². The molecule has 0 heterocycles. The van der Waals surface area contributed by atoms with Gasteiger partial charge in [0, 0.05) is 0 Å². The van der Waals surface area contributed by atoms with Crippen LogP contribution in [0.2, 0.25) is 0 Å². The molecule has 0 unspecified atom stereocenters. The first kappa shape index (κ1) is 20.8. The summed E-state index contributed by atoms with van der Waals surface area (Å²) in [5.41, 5.74) is 5.58. The number of rotatable bonds is 7. The van der Waals surface area contributed by atoms with Crippen molar-refractivity contribution in [3.8, 4) is 11.5 Å². The highest BCUT2D eigenvalue weighted by atomic mass is 16.5. The predicted molar refractivity (Wildman–Crippen MR) is 110 cm³/mol. The topological polar surface area (TPSA) is 47.6 Å². The fourth-order valence-electron chi connectivity index (χ4n) is 3.34. The first-order chi connectivity index (χ1) is 12.7. The summed E-state index contributed by atoms with van der Waals surface area (Å²) in [4.78, 5) is 12.4. The van der Waals surface area contributed by atoms with Crippen LogP contribution in [0.3, 0.4) is 0 Å². The molecule has 0 aliphatic heterocycles. The minimum atomic E-state index is -0.136. The molecule has 4 heteroatoms. The fourth-order valence-corrected chi connectivity index (χ4v) is 3.34. The predicted octanol–water partition coefficient (Wildman–Crippen LogP) is 5.00. The first-order valence-corrected chi connectivity index (χ1v) is 9.40. The Morgan fingerprint density at radius 1 is 0.963 bits per heavy atom. The summed E-state index contributed by atoms with van der Waals surface area (Å²) >= 11 is 0. The Morgan fingerprint density at radius 3 is 2.15 bits per heavy atom. The lowest BCUT2D eigenvalue weighted by Crippen LogP contribution is -2.31. The van der Waals surface area contributed by atoms with Gasteiger partial charge in [-0.3, -0.25) is 4.79 Å². The highest BCUT2D eigenvalue weighted by Gasteiger charge is 2.17. The zero-order valence-electron chi connectivity index (χ0n) is 17.5. The van der Waals surface area contributed by atoms with Gasteiger partial charge >= 0.3 is 0 Å². The van der Waals surface area contributed by atoms with Crippen molar-refractivity contribution in [2.24, 2.45) is 0 Å². The number of benzene rings is 2. The lowest BCUT2D eigenvalue weighted by molar-refractivity contribution is -0.123. The zero-order valence-corrected chi connectivity index (χ0v) is 17.5. The third-order valence-corrected chi connectivity index (χ3v) is 4.65. The molecule has 0 saturated carbocycles. The average molecular weight is 370 g/mol. The van der Waals surface area contributed by atoms with Gasteiger partial charge in [0.25, 0.3) is 5.91 Å². The molecule has 2 aromatic carbocycles. The van der Waals surface area contributed by atoms with E-state index in [1.165, 1.54) is 0 Å². The Balaban J connectivity index is 2.06. The van der Waals surface area contributed by atoms with Gasteiger partial charge in [-0.2, -0.15) is 0 Å². The molecule has 1 N–H and O–H groups in total. The van der Waals surface area contributed by atoms with E-state index in [4.69, 9.17) is 9.47 Å². The van der Waals surface area contributed by atoms with Crippen LogP contribution in [0.15, 0.2) is 30.3 Å². The Bertz CT molecular complexity index is 791. The van der Waals surface area contributed by atoms with Crippen LogP contribution in [-0.2, 0) is 4.79 Å². The van der Waals surface area contributed by atoms with E-state index in [0.717, 1.165) is 39.3 Å². The second-order valence-corrected chi connectivity index (χ2v) is 7.51. The molecule has 2 rings (SSSR count). The van der Waals surface area contributed by atoms with Crippen molar-refractivity contribution < 1.29 is 14.3 Å². The standard InChI is InChI=1S/C23H31NO3/c1-14(2)20-12-21(17(5)11-22(20)26-7)18(6)24-23(25)13-27-19-9-15(3)8-16(4)10-19/h8-12,14,18H,13H2,1-7H3,(H,24,25)/t18-/m1/s1. The van der Waals surface area contributed by atoms with Crippen LogP contribution in [0.5, 0.6) is 11.5 Å². The molecule has 0 spiro atoms. The number of carbonyl (C=O) groups is 1. The molecule has 146 valence electrons. The van der Waals surface area contributed by atoms with Crippen molar-refractivity contribution in [1.82, 2.24) is 5.32 Å². The number of carbonyl (C=O) groups excluding carboxylic acids is 1. The second-order valence-electron chi connectivity index (χ2n) is 7.51. The molecule has 0 bridgehead atoms. The molecule has 0 aliphatic carbocycles. The quantitative estimate of drug-likeness (QED) is 0.747. The van der Waals surface area contributed by atoms with E-state index < -0.39 is 0 Å². The van der Waals surface area contributed by atoms with Gasteiger partial charge in [0.05, 0.1) is 13.2 Å². The smallest absolute Gasteiger partial charge is 0.258 e. The molecular formula is C23H31NO3. The van der Waals surface area contributed by atoms with E-state index in [0.29, 0.717) is 5.92 Å². The molecule has 1 atom stereocenters. The second kappa shape index (κ2) is 8.94. The molecule has 1 amide bonds. The third-order valence-electron chi connectivity index (χ3n) is 4.65. The average Bonchev–Trinajstić information content (AvgIpc) is 2.58. The van der Waals surface area contributed by atoms with Gasteiger partial charge in [-0.1, -0.05) is 19.9 Å². The summed E-state index contributed by atoms with van der Waals surface area (Å²) in [6.45, 7) is 12.3. The molecule has 0 saturated heterocycles. The fraction of sp³-hybridized carbons (Fsp3) is 0.435. The van der Waals surface area contributed by atoms with Crippen LogP contribution in [0.4, 0.5) is 0 Å². The van der Waals surface area contributed by atoms with Gasteiger partial charge in [-0.05, 0) is 85.7 Å². The Labute approximate surface area is 162 Å². The number of ether oxygens (including phenoxy) is 2. The number of hydrogen-bond donors (Lipinski definition) is 1. The zero-order chi connectivity index (χ0) is 20.1. The van der Waals surface area contributed by atoms with E-state index in [1.54, 1.807) is 7.11 Å². The van der Waals surface area contributed by atoms with E-state index >= 15 is 0 Å². The normalized spacial score (nSPS) is 12.0. The minimum Gasteiger partial charge on any atom is -0.496 e. The highest BCUT2D eigenvalue weighted by Crippen LogP contribution is 2.32. The molecule has 0 fully saturated rings. The molecule has 0 radical (unpaired) electrons. The largest absolute Gasteiger partial charge is 0.496 e. The molecule has 4 nitrogen and oxygen atoms in total. The number of aryl methyl sites for hydroxylation is 3. The van der Waals surface area contributed by atoms with E-state index in [9.17, 15) is 4.79 Å². The number of amides is 1. The molecular weight excluding hydrogens is 338 g/mol. The maximum Gasteiger partial charge on any atom is 0.258 e. The van der Waals surface area contributed by atoms with Crippen LogP contribution in [-0.4, -0.2) is 19.6 Å². The maximum atomic E-state index is 12.4. The van der Waals surface area contributed by atoms with Gasteiger partial charge in [0.1, 0.15) is 11.5 Å². The van der Waals surface area contributed by atoms with Crippen molar-refractivity contribution in [2.45, 2.75) is 53.5 Å². The number of nitrogens with one attached hydrogen (secondary N) is 1. The number of hydrogen-bond acceptors (Lipinski definition) is 3. The Hall–Kier alpha value is -2.49. The first-order valence-electron chi connectivity index (χ1n) is 9.40. The Morgan fingerprint density at radius 2 is 1.59 bits per heavy atom. The van der Waals surface area contributed by atoms with Crippen molar-refractivity contribution in [2.75, 3.05) is 13.7 Å². The molecule has 0 aliphatic rings. The van der Waals surface area contributed by atoms with Gasteiger partial charge in [0.15, 0.2) is 6.61 Å². The summed E-state index contributed by atoms with van der Waals surface area (Å²) in [6.07, 6.45) is 0. The van der Waals surface area contributed by atoms with Gasteiger partial charge in [-0.15, -0.1) is 0 Å². The van der Waals surface area contributed by atoms with E-state index in [1.807, 2.05) is 45.9 Å². The minimum absolute atomic E-state index is 0.000522. The lowest BCUT2D eigenvalue weighted by Gasteiger charge is -2.21. The maximum absolute atomic E-state index is 12.4. The van der Waals surface area contributed by atoms with Crippen LogP contribution in [0.25, 0.3) is 0 Å². The summed E-state index contributed by atoms with van der Waals surface area (Å²) < 4.78 is 11.2. The van der Waals surface area contributed by atoms with Crippen LogP contribution < -0.4 is 14.8 Å². The van der Waals surface area contributed by atoms with Crippen molar-refractivity contribution in [3.05, 3.63) is 58.1 Å². The molecule has 0 aromatic heterocycles. The summed E-state index contributed by atoms with van der Waals surface area (Å²) in [5.74, 6) is 1.82. The summed E-state index contributed by atoms with van der Waals surface area (Å²) in [5, 5.41) is 3.04. The SMILES string of the molecule is COc1cc(C)c([C@@H](C)NC(=O)COc2cc(C)cc(C)c2)cc1C(C)C. The van der Waals surface area contributed by atoms with Gasteiger partial charge < -0.3 is 14.8 Å². The van der Waals surface area contributed by atoms with Crippen molar-refractivity contribution >= 4 is 5.91 Å². The molecule has 2 aromatic rings. The number of methoxy groups -OCH3 is 1. The van der Waals surface area contributed by atoms with Crippen molar-refractivity contribution in [3.63, 3.8) is 0 Å². The van der Waals surface area contributed by atoms with Crippen LogP contribution in [0.1, 0.15) is 60.5 Å². The highest BCUT2D eigenvalue weighted by molar-refractivity contribution is 5.78. The van der Waals surface area contributed by atoms with Gasteiger partial charge in [0.2, 0.25) is 0 Å². The molecule has 27 heavy (non-hydrogen) atoms. The lowest BCUT2D eigenvalue weighted by atomic mass is 9.93. The Kier molecular flexibility index (Phi) is 6.89. The monoisotopic (exact) mass is 369 g/mol. The van der Waals surface area contributed by atoms with Crippen molar-refractivity contribution in [1.29, 1.82) is 0 Å². The van der Waals surface area contributed by atoms with Crippen LogP contribution in [0, 0.1) is 20.8 Å². The van der Waals surface area contributed by atoms with Gasteiger partial charge in [-0.25, -0.2) is 0 Å². The third kappa shape index (κ3) is 5.49. The summed E-state index contributed by atoms with van der Waals surface area (Å²) in [7, 11) is 1.69.